The molecule has 0 saturated heterocycles. The summed E-state index contributed by atoms with van der Waals surface area (Å²) in [6.07, 6.45) is 1.03. The fourth-order valence-electron chi connectivity index (χ4n) is 4.32. The number of aromatic nitrogens is 1. The Labute approximate surface area is 171 Å². The van der Waals surface area contributed by atoms with Gasteiger partial charge in [-0.05, 0) is 86.0 Å². The Balaban J connectivity index is 1.70. The third-order valence-corrected chi connectivity index (χ3v) is 5.50. The molecule has 0 fully saturated rings. The van der Waals surface area contributed by atoms with Crippen LogP contribution in [0.4, 0.5) is 0 Å². The SMILES string of the molecule is CC(C)(C)Oc1ccc(-c2nc3ccc4ccccc4c3c3c2CNCC3)cc1. The van der Waals surface area contributed by atoms with Crippen LogP contribution in [0.2, 0.25) is 0 Å². The van der Waals surface area contributed by atoms with E-state index in [9.17, 15) is 0 Å². The zero-order valence-corrected chi connectivity index (χ0v) is 17.3. The summed E-state index contributed by atoms with van der Waals surface area (Å²) in [5, 5.41) is 7.44. The van der Waals surface area contributed by atoms with Gasteiger partial charge in [0.15, 0.2) is 0 Å². The number of hydrogen-bond acceptors (Lipinski definition) is 3. The van der Waals surface area contributed by atoms with Gasteiger partial charge in [-0.2, -0.15) is 0 Å². The molecule has 2 heterocycles. The van der Waals surface area contributed by atoms with E-state index in [1.807, 2.05) is 0 Å². The summed E-state index contributed by atoms with van der Waals surface area (Å²) in [6, 6.07) is 21.3. The number of nitrogens with zero attached hydrogens (tertiary/aromatic N) is 1. The molecule has 3 heteroatoms. The molecule has 29 heavy (non-hydrogen) atoms. The van der Waals surface area contributed by atoms with Gasteiger partial charge in [-0.3, -0.25) is 0 Å². The minimum Gasteiger partial charge on any atom is -0.488 e. The number of ether oxygens (including phenoxy) is 1. The normalized spacial score (nSPS) is 14.2. The van der Waals surface area contributed by atoms with Crippen LogP contribution in [0.25, 0.3) is 32.9 Å². The molecule has 0 bridgehead atoms. The molecule has 0 saturated carbocycles. The van der Waals surface area contributed by atoms with Crippen LogP contribution < -0.4 is 10.1 Å². The summed E-state index contributed by atoms with van der Waals surface area (Å²) in [5.74, 6) is 0.889. The molecule has 1 aliphatic heterocycles. The van der Waals surface area contributed by atoms with Crippen LogP contribution in [0.5, 0.6) is 5.75 Å². The van der Waals surface area contributed by atoms with Gasteiger partial charge in [-0.1, -0.05) is 30.3 Å². The molecule has 0 unspecified atom stereocenters. The van der Waals surface area contributed by atoms with Gasteiger partial charge in [-0.15, -0.1) is 0 Å². The molecular weight excluding hydrogens is 356 g/mol. The van der Waals surface area contributed by atoms with Crippen LogP contribution in [0, 0.1) is 0 Å². The molecule has 0 spiro atoms. The van der Waals surface area contributed by atoms with Gasteiger partial charge in [0.05, 0.1) is 11.2 Å². The van der Waals surface area contributed by atoms with Gasteiger partial charge >= 0.3 is 0 Å². The number of fused-ring (bicyclic) bond motifs is 5. The van der Waals surface area contributed by atoms with Crippen molar-refractivity contribution in [3.63, 3.8) is 0 Å². The van der Waals surface area contributed by atoms with Crippen molar-refractivity contribution in [3.05, 3.63) is 71.8 Å². The average molecular weight is 383 g/mol. The predicted octanol–water partition coefficient (Wildman–Crippen LogP) is 5.88. The first-order chi connectivity index (χ1) is 14.0. The third-order valence-electron chi connectivity index (χ3n) is 5.50. The van der Waals surface area contributed by atoms with Crippen LogP contribution in [-0.2, 0) is 13.0 Å². The fourth-order valence-corrected chi connectivity index (χ4v) is 4.32. The number of hydrogen-bond donors (Lipinski definition) is 1. The Morgan fingerprint density at radius 3 is 2.48 bits per heavy atom. The second-order valence-electron chi connectivity index (χ2n) is 8.76. The van der Waals surface area contributed by atoms with Crippen LogP contribution in [0.1, 0.15) is 31.9 Å². The predicted molar refractivity (Wildman–Crippen MR) is 120 cm³/mol. The molecule has 1 aromatic heterocycles. The van der Waals surface area contributed by atoms with E-state index in [-0.39, 0.29) is 5.60 Å². The monoisotopic (exact) mass is 382 g/mol. The van der Waals surface area contributed by atoms with E-state index < -0.39 is 0 Å². The molecule has 146 valence electrons. The van der Waals surface area contributed by atoms with Gasteiger partial charge < -0.3 is 10.1 Å². The second-order valence-corrected chi connectivity index (χ2v) is 8.76. The highest BCUT2D eigenvalue weighted by molar-refractivity contribution is 6.09. The van der Waals surface area contributed by atoms with Crippen molar-refractivity contribution in [1.29, 1.82) is 0 Å². The molecule has 1 aliphatic rings. The molecule has 0 aliphatic carbocycles. The lowest BCUT2D eigenvalue weighted by atomic mass is 9.90. The Morgan fingerprint density at radius 2 is 1.69 bits per heavy atom. The Kier molecular flexibility index (Phi) is 4.29. The lowest BCUT2D eigenvalue weighted by molar-refractivity contribution is 0.131. The first kappa shape index (κ1) is 18.1. The third kappa shape index (κ3) is 3.36. The lowest BCUT2D eigenvalue weighted by Gasteiger charge is -2.24. The fraction of sp³-hybridized carbons (Fsp3) is 0.269. The maximum atomic E-state index is 5.99. The standard InChI is InChI=1S/C26H26N2O/c1-26(2,3)29-19-11-8-18(9-12-19)25-22-16-27-15-14-21(22)24-20-7-5-4-6-17(20)10-13-23(24)28-25/h4-13,27H,14-16H2,1-3H3. The highest BCUT2D eigenvalue weighted by Gasteiger charge is 2.20. The summed E-state index contributed by atoms with van der Waals surface area (Å²) in [5.41, 5.74) is 5.86. The van der Waals surface area contributed by atoms with Crippen molar-refractivity contribution in [2.75, 3.05) is 6.54 Å². The average Bonchev–Trinajstić information content (AvgIpc) is 2.72. The maximum Gasteiger partial charge on any atom is 0.120 e. The first-order valence-electron chi connectivity index (χ1n) is 10.3. The topological polar surface area (TPSA) is 34.1 Å². The summed E-state index contributed by atoms with van der Waals surface area (Å²) in [4.78, 5) is 5.13. The van der Waals surface area contributed by atoms with Crippen molar-refractivity contribution >= 4 is 21.7 Å². The van der Waals surface area contributed by atoms with Gasteiger partial charge in [-0.25, -0.2) is 4.98 Å². The Hall–Kier alpha value is -2.91. The Bertz CT molecular complexity index is 1200. The number of nitrogens with one attached hydrogen (secondary N) is 1. The molecule has 0 amide bonds. The second kappa shape index (κ2) is 6.85. The number of pyridine rings is 1. The maximum absolute atomic E-state index is 5.99. The molecule has 0 atom stereocenters. The van der Waals surface area contributed by atoms with Crippen LogP contribution >= 0.6 is 0 Å². The van der Waals surface area contributed by atoms with E-state index in [1.165, 1.54) is 27.3 Å². The quantitative estimate of drug-likeness (QED) is 0.440. The molecule has 1 N–H and O–H groups in total. The number of benzene rings is 3. The number of rotatable bonds is 2. The molecule has 3 aromatic carbocycles. The van der Waals surface area contributed by atoms with Gasteiger partial charge in [0.25, 0.3) is 0 Å². The van der Waals surface area contributed by atoms with E-state index in [4.69, 9.17) is 9.72 Å². The zero-order chi connectivity index (χ0) is 20.0. The zero-order valence-electron chi connectivity index (χ0n) is 17.3. The summed E-state index contributed by atoms with van der Waals surface area (Å²) >= 11 is 0. The Morgan fingerprint density at radius 1 is 0.897 bits per heavy atom. The van der Waals surface area contributed by atoms with Gasteiger partial charge in [0.2, 0.25) is 0 Å². The van der Waals surface area contributed by atoms with Gasteiger partial charge in [0, 0.05) is 17.5 Å². The molecular formula is C26H26N2O. The highest BCUT2D eigenvalue weighted by Crippen LogP contribution is 2.36. The lowest BCUT2D eigenvalue weighted by Crippen LogP contribution is -2.25. The first-order valence-corrected chi connectivity index (χ1v) is 10.3. The van der Waals surface area contributed by atoms with Crippen molar-refractivity contribution in [2.24, 2.45) is 0 Å². The van der Waals surface area contributed by atoms with Crippen molar-refractivity contribution in [3.8, 4) is 17.0 Å². The van der Waals surface area contributed by atoms with E-state index >= 15 is 0 Å². The minimum absolute atomic E-state index is 0.202. The minimum atomic E-state index is -0.202. The largest absolute Gasteiger partial charge is 0.488 e. The van der Waals surface area contributed by atoms with Crippen LogP contribution in [-0.4, -0.2) is 17.1 Å². The van der Waals surface area contributed by atoms with Crippen molar-refractivity contribution in [1.82, 2.24) is 10.3 Å². The molecule has 3 nitrogen and oxygen atoms in total. The van der Waals surface area contributed by atoms with Crippen LogP contribution in [0.15, 0.2) is 60.7 Å². The summed E-state index contributed by atoms with van der Waals surface area (Å²) in [7, 11) is 0. The smallest absolute Gasteiger partial charge is 0.120 e. The molecule has 4 aromatic rings. The van der Waals surface area contributed by atoms with E-state index in [2.05, 4.69) is 86.8 Å². The highest BCUT2D eigenvalue weighted by atomic mass is 16.5. The summed E-state index contributed by atoms with van der Waals surface area (Å²) in [6.45, 7) is 8.07. The van der Waals surface area contributed by atoms with Crippen LogP contribution in [0.3, 0.4) is 0 Å². The summed E-state index contributed by atoms with van der Waals surface area (Å²) < 4.78 is 5.99. The van der Waals surface area contributed by atoms with E-state index in [0.29, 0.717) is 0 Å². The van der Waals surface area contributed by atoms with Crippen molar-refractivity contribution < 1.29 is 4.74 Å². The molecule has 5 rings (SSSR count). The van der Waals surface area contributed by atoms with E-state index in [1.54, 1.807) is 0 Å². The van der Waals surface area contributed by atoms with Crippen molar-refractivity contribution in [2.45, 2.75) is 39.3 Å². The molecule has 0 radical (unpaired) electrons. The van der Waals surface area contributed by atoms with Gasteiger partial charge in [0.1, 0.15) is 11.4 Å². The van der Waals surface area contributed by atoms with E-state index in [0.717, 1.165) is 42.0 Å².